The molecule has 0 amide bonds. The first kappa shape index (κ1) is 14.4. The molecule has 1 aromatic carbocycles. The monoisotopic (exact) mass is 297 g/mol. The maximum absolute atomic E-state index is 6.00. The lowest BCUT2D eigenvalue weighted by Crippen LogP contribution is -2.16. The van der Waals surface area contributed by atoms with Gasteiger partial charge in [-0.3, -0.25) is 0 Å². The van der Waals surface area contributed by atoms with Crippen LogP contribution in [0, 0.1) is 0 Å². The third-order valence-electron chi connectivity index (χ3n) is 2.84. The molecule has 3 nitrogen and oxygen atoms in total. The first-order chi connectivity index (χ1) is 9.19. The van der Waals surface area contributed by atoms with Crippen molar-refractivity contribution in [2.75, 3.05) is 13.1 Å². The Bertz CT molecular complexity index is 537. The van der Waals surface area contributed by atoms with Crippen LogP contribution in [0.4, 0.5) is 0 Å². The number of likely N-dealkylation sites (N-methyl/N-ethyl adjacent to an activating group) is 1. The molecule has 0 spiro atoms. The van der Waals surface area contributed by atoms with Gasteiger partial charge in [-0.1, -0.05) is 36.2 Å². The minimum Gasteiger partial charge on any atom is -0.333 e. The zero-order valence-electron chi connectivity index (χ0n) is 10.9. The second kappa shape index (κ2) is 6.94. The molecule has 1 N–H and O–H groups in total. The number of imidazole rings is 1. The molecule has 1 heterocycles. The van der Waals surface area contributed by atoms with Crippen molar-refractivity contribution in [1.82, 2.24) is 14.9 Å². The maximum atomic E-state index is 6.00. The summed E-state index contributed by atoms with van der Waals surface area (Å²) in [4.78, 5) is 4.39. The van der Waals surface area contributed by atoms with Gasteiger partial charge in [0.15, 0.2) is 0 Å². The zero-order chi connectivity index (χ0) is 13.7. The van der Waals surface area contributed by atoms with E-state index in [9.17, 15) is 0 Å². The standard InChI is InChI=1S/C14H17Cl2N3/c1-2-17-6-5-12-9-19(10-18-12)8-11-3-4-13(15)14(16)7-11/h3-4,7,9-10,17H,2,5-6,8H2,1H3. The zero-order valence-corrected chi connectivity index (χ0v) is 12.4. The molecule has 0 saturated heterocycles. The fraction of sp³-hybridized carbons (Fsp3) is 0.357. The number of nitrogens with zero attached hydrogens (tertiary/aromatic N) is 2. The molecule has 0 unspecified atom stereocenters. The van der Waals surface area contributed by atoms with Crippen molar-refractivity contribution in [3.63, 3.8) is 0 Å². The summed E-state index contributed by atoms with van der Waals surface area (Å²) >= 11 is 11.9. The second-order valence-electron chi connectivity index (χ2n) is 4.39. The maximum Gasteiger partial charge on any atom is 0.0952 e. The van der Waals surface area contributed by atoms with Crippen LogP contribution in [0.1, 0.15) is 18.2 Å². The first-order valence-electron chi connectivity index (χ1n) is 6.34. The van der Waals surface area contributed by atoms with Crippen LogP contribution in [-0.2, 0) is 13.0 Å². The predicted octanol–water partition coefficient (Wildman–Crippen LogP) is 3.39. The summed E-state index contributed by atoms with van der Waals surface area (Å²) in [6.45, 7) is 4.80. The molecule has 1 aromatic heterocycles. The first-order valence-corrected chi connectivity index (χ1v) is 7.10. The molecule has 19 heavy (non-hydrogen) atoms. The lowest BCUT2D eigenvalue weighted by molar-refractivity contribution is 0.708. The Morgan fingerprint density at radius 3 is 2.84 bits per heavy atom. The Labute approximate surface area is 123 Å². The highest BCUT2D eigenvalue weighted by atomic mass is 35.5. The van der Waals surface area contributed by atoms with E-state index < -0.39 is 0 Å². The van der Waals surface area contributed by atoms with E-state index in [1.807, 2.05) is 24.5 Å². The van der Waals surface area contributed by atoms with Crippen molar-refractivity contribution >= 4 is 23.2 Å². The molecule has 0 bridgehead atoms. The summed E-state index contributed by atoms with van der Waals surface area (Å²) in [5, 5.41) is 4.46. The van der Waals surface area contributed by atoms with Crippen molar-refractivity contribution in [2.24, 2.45) is 0 Å². The van der Waals surface area contributed by atoms with E-state index in [1.165, 1.54) is 0 Å². The smallest absolute Gasteiger partial charge is 0.0952 e. The van der Waals surface area contributed by atoms with Crippen LogP contribution in [0.3, 0.4) is 0 Å². The molecular formula is C14H17Cl2N3. The third kappa shape index (κ3) is 4.23. The van der Waals surface area contributed by atoms with Crippen LogP contribution in [-0.4, -0.2) is 22.6 Å². The number of hydrogen-bond donors (Lipinski definition) is 1. The summed E-state index contributed by atoms with van der Waals surface area (Å²) in [5.41, 5.74) is 2.21. The molecule has 102 valence electrons. The Balaban J connectivity index is 1.97. The van der Waals surface area contributed by atoms with Crippen LogP contribution in [0.5, 0.6) is 0 Å². The van der Waals surface area contributed by atoms with E-state index in [4.69, 9.17) is 23.2 Å². The quantitative estimate of drug-likeness (QED) is 0.828. The van der Waals surface area contributed by atoms with Crippen LogP contribution in [0.2, 0.25) is 10.0 Å². The van der Waals surface area contributed by atoms with Crippen LogP contribution < -0.4 is 5.32 Å². The lowest BCUT2D eigenvalue weighted by Gasteiger charge is -2.04. The van der Waals surface area contributed by atoms with Gasteiger partial charge in [0.05, 0.1) is 22.1 Å². The highest BCUT2D eigenvalue weighted by molar-refractivity contribution is 6.42. The molecule has 0 radical (unpaired) electrons. The number of rotatable bonds is 6. The van der Waals surface area contributed by atoms with Gasteiger partial charge in [0.25, 0.3) is 0 Å². The van der Waals surface area contributed by atoms with Crippen LogP contribution in [0.15, 0.2) is 30.7 Å². The number of halogens is 2. The highest BCUT2D eigenvalue weighted by Crippen LogP contribution is 2.22. The van der Waals surface area contributed by atoms with Crippen molar-refractivity contribution < 1.29 is 0 Å². The lowest BCUT2D eigenvalue weighted by atomic mass is 10.2. The fourth-order valence-electron chi connectivity index (χ4n) is 1.86. The Morgan fingerprint density at radius 1 is 1.26 bits per heavy atom. The Hall–Kier alpha value is -1.03. The molecular weight excluding hydrogens is 281 g/mol. The van der Waals surface area contributed by atoms with Gasteiger partial charge >= 0.3 is 0 Å². The van der Waals surface area contributed by atoms with E-state index in [0.29, 0.717) is 10.0 Å². The van der Waals surface area contributed by atoms with Gasteiger partial charge in [-0.2, -0.15) is 0 Å². The summed E-state index contributed by atoms with van der Waals surface area (Å²) < 4.78 is 2.06. The second-order valence-corrected chi connectivity index (χ2v) is 5.20. The predicted molar refractivity (Wildman–Crippen MR) is 80.0 cm³/mol. The average Bonchev–Trinajstić information content (AvgIpc) is 2.82. The van der Waals surface area contributed by atoms with Crippen molar-refractivity contribution in [3.05, 3.63) is 52.0 Å². The number of nitrogens with one attached hydrogen (secondary N) is 1. The summed E-state index contributed by atoms with van der Waals surface area (Å²) in [5.74, 6) is 0. The van der Waals surface area contributed by atoms with Crippen LogP contribution >= 0.6 is 23.2 Å². The third-order valence-corrected chi connectivity index (χ3v) is 3.58. The SMILES string of the molecule is CCNCCc1cn(Cc2ccc(Cl)c(Cl)c2)cn1. The van der Waals surface area contributed by atoms with Crippen molar-refractivity contribution in [1.29, 1.82) is 0 Å². The molecule has 0 aliphatic carbocycles. The number of hydrogen-bond acceptors (Lipinski definition) is 2. The minimum atomic E-state index is 0.586. The van der Waals surface area contributed by atoms with Crippen LogP contribution in [0.25, 0.3) is 0 Å². The number of benzene rings is 1. The molecule has 0 saturated carbocycles. The van der Waals surface area contributed by atoms with E-state index in [2.05, 4.69) is 28.0 Å². The molecule has 2 aromatic rings. The van der Waals surface area contributed by atoms with Gasteiger partial charge < -0.3 is 9.88 Å². The van der Waals surface area contributed by atoms with Gasteiger partial charge in [0, 0.05) is 25.7 Å². The van der Waals surface area contributed by atoms with Gasteiger partial charge in [0.2, 0.25) is 0 Å². The molecule has 0 fully saturated rings. The topological polar surface area (TPSA) is 29.9 Å². The molecule has 0 aliphatic heterocycles. The van der Waals surface area contributed by atoms with E-state index in [0.717, 1.165) is 37.3 Å². The Kier molecular flexibility index (Phi) is 5.25. The van der Waals surface area contributed by atoms with Crippen molar-refractivity contribution in [3.8, 4) is 0 Å². The van der Waals surface area contributed by atoms with E-state index >= 15 is 0 Å². The number of aromatic nitrogens is 2. The normalized spacial score (nSPS) is 10.9. The van der Waals surface area contributed by atoms with Crippen molar-refractivity contribution in [2.45, 2.75) is 19.9 Å². The molecule has 2 rings (SSSR count). The minimum absolute atomic E-state index is 0.586. The van der Waals surface area contributed by atoms with Gasteiger partial charge in [-0.25, -0.2) is 4.98 Å². The van der Waals surface area contributed by atoms with Gasteiger partial charge in [-0.05, 0) is 24.2 Å². The Morgan fingerprint density at radius 2 is 2.11 bits per heavy atom. The summed E-state index contributed by atoms with van der Waals surface area (Å²) in [7, 11) is 0. The van der Waals surface area contributed by atoms with Gasteiger partial charge in [-0.15, -0.1) is 0 Å². The van der Waals surface area contributed by atoms with E-state index in [-0.39, 0.29) is 0 Å². The molecule has 5 heteroatoms. The summed E-state index contributed by atoms with van der Waals surface area (Å²) in [6, 6.07) is 5.69. The van der Waals surface area contributed by atoms with Gasteiger partial charge in [0.1, 0.15) is 0 Å². The highest BCUT2D eigenvalue weighted by Gasteiger charge is 2.02. The molecule has 0 atom stereocenters. The average molecular weight is 298 g/mol. The van der Waals surface area contributed by atoms with E-state index in [1.54, 1.807) is 0 Å². The molecule has 0 aliphatic rings. The largest absolute Gasteiger partial charge is 0.333 e. The summed E-state index contributed by atoms with van der Waals surface area (Å²) in [6.07, 6.45) is 4.87. The fourth-order valence-corrected chi connectivity index (χ4v) is 2.18.